The summed E-state index contributed by atoms with van der Waals surface area (Å²) in [5.41, 5.74) is 1.94. The Morgan fingerprint density at radius 2 is 1.89 bits per heavy atom. The Balaban J connectivity index is 2.39. The van der Waals surface area contributed by atoms with E-state index in [1.54, 1.807) is 12.1 Å². The van der Waals surface area contributed by atoms with E-state index in [0.717, 1.165) is 23.1 Å². The Morgan fingerprint density at radius 3 is 2.47 bits per heavy atom. The van der Waals surface area contributed by atoms with Gasteiger partial charge in [0.05, 0.1) is 14.9 Å². The van der Waals surface area contributed by atoms with Crippen LogP contribution in [0.25, 0.3) is 0 Å². The first-order valence-electron chi connectivity index (χ1n) is 5.39. The van der Waals surface area contributed by atoms with Gasteiger partial charge in [0.2, 0.25) is 0 Å². The van der Waals surface area contributed by atoms with Crippen molar-refractivity contribution in [1.29, 1.82) is 5.26 Å². The lowest BCUT2D eigenvalue weighted by molar-refractivity contribution is 0.594. The molecule has 0 N–H and O–H groups in total. The van der Waals surface area contributed by atoms with E-state index in [4.69, 9.17) is 5.26 Å². The number of nitriles is 1. The van der Waals surface area contributed by atoms with Gasteiger partial charge in [-0.1, -0.05) is 0 Å². The smallest absolute Gasteiger partial charge is 0.192 e. The first-order valence-corrected chi connectivity index (χ1v) is 7.00. The van der Waals surface area contributed by atoms with Crippen LogP contribution in [-0.4, -0.2) is 9.97 Å². The molecule has 0 saturated carbocycles. The number of halogens is 2. The van der Waals surface area contributed by atoms with Crippen molar-refractivity contribution in [3.63, 3.8) is 0 Å². The maximum absolute atomic E-state index is 14.1. The summed E-state index contributed by atoms with van der Waals surface area (Å²) in [6.07, 6.45) is 0. The lowest BCUT2D eigenvalue weighted by Gasteiger charge is -2.06. The summed E-state index contributed by atoms with van der Waals surface area (Å²) in [5.74, 6) is -0.466. The van der Waals surface area contributed by atoms with Gasteiger partial charge >= 0.3 is 0 Å². The summed E-state index contributed by atoms with van der Waals surface area (Å²) in [5, 5.41) is 9.31. The van der Waals surface area contributed by atoms with E-state index in [0.29, 0.717) is 10.1 Å². The van der Waals surface area contributed by atoms with Gasteiger partial charge in [0.15, 0.2) is 11.0 Å². The second kappa shape index (κ2) is 5.68. The predicted octanol–water partition coefficient (Wildman–Crippen LogP) is 4.02. The van der Waals surface area contributed by atoms with Crippen LogP contribution in [0.5, 0.6) is 0 Å². The Morgan fingerprint density at radius 1 is 1.26 bits per heavy atom. The molecule has 2 aromatic rings. The minimum absolute atomic E-state index is 0.171. The van der Waals surface area contributed by atoms with E-state index >= 15 is 0 Å². The van der Waals surface area contributed by atoms with E-state index in [1.165, 1.54) is 0 Å². The summed E-state index contributed by atoms with van der Waals surface area (Å²) in [6.45, 7) is 3.73. The van der Waals surface area contributed by atoms with Gasteiger partial charge in [-0.05, 0) is 59.7 Å². The van der Waals surface area contributed by atoms with Crippen LogP contribution in [0.4, 0.5) is 4.39 Å². The second-order valence-electron chi connectivity index (χ2n) is 3.89. The van der Waals surface area contributed by atoms with Crippen molar-refractivity contribution in [2.75, 3.05) is 0 Å². The Hall–Kier alpha value is -1.45. The number of hydrogen-bond donors (Lipinski definition) is 0. The Labute approximate surface area is 123 Å². The molecule has 0 aliphatic carbocycles. The van der Waals surface area contributed by atoms with Crippen LogP contribution in [0, 0.1) is 31.0 Å². The van der Waals surface area contributed by atoms with Crippen LogP contribution in [-0.2, 0) is 0 Å². The highest BCUT2D eigenvalue weighted by Gasteiger charge is 2.13. The van der Waals surface area contributed by atoms with Crippen molar-refractivity contribution >= 4 is 27.7 Å². The number of rotatable bonds is 2. The van der Waals surface area contributed by atoms with Crippen molar-refractivity contribution in [1.82, 2.24) is 9.97 Å². The highest BCUT2D eigenvalue weighted by molar-refractivity contribution is 9.10. The zero-order chi connectivity index (χ0) is 14.0. The number of aromatic nitrogens is 2. The minimum Gasteiger partial charge on any atom is -0.228 e. The molecule has 0 saturated heterocycles. The molecule has 0 aliphatic heterocycles. The predicted molar refractivity (Wildman–Crippen MR) is 74.4 cm³/mol. The largest absolute Gasteiger partial charge is 0.228 e. The van der Waals surface area contributed by atoms with Crippen molar-refractivity contribution in [3.05, 3.63) is 45.4 Å². The van der Waals surface area contributed by atoms with Gasteiger partial charge in [0, 0.05) is 11.4 Å². The fraction of sp³-hybridized carbons (Fsp3) is 0.154. The highest BCUT2D eigenvalue weighted by Crippen LogP contribution is 2.32. The maximum Gasteiger partial charge on any atom is 0.192 e. The number of hydrogen-bond acceptors (Lipinski definition) is 4. The molecule has 96 valence electrons. The molecule has 6 heteroatoms. The van der Waals surface area contributed by atoms with Gasteiger partial charge in [-0.3, -0.25) is 0 Å². The average Bonchev–Trinajstić information content (AvgIpc) is 2.34. The Kier molecular flexibility index (Phi) is 4.17. The SMILES string of the molecule is Cc1cc(C)nc(Sc2ccc(C#N)c(Br)c2F)n1. The highest BCUT2D eigenvalue weighted by atomic mass is 79.9. The quantitative estimate of drug-likeness (QED) is 0.776. The lowest BCUT2D eigenvalue weighted by Crippen LogP contribution is -1.94. The summed E-state index contributed by atoms with van der Waals surface area (Å²) in [6, 6.07) is 6.90. The second-order valence-corrected chi connectivity index (χ2v) is 5.69. The molecular formula is C13H9BrFN3S. The lowest BCUT2D eigenvalue weighted by atomic mass is 10.2. The third kappa shape index (κ3) is 3.11. The molecule has 0 bridgehead atoms. The van der Waals surface area contributed by atoms with Crippen molar-refractivity contribution < 1.29 is 4.39 Å². The minimum atomic E-state index is -0.466. The normalized spacial score (nSPS) is 10.3. The number of nitrogens with zero attached hydrogens (tertiary/aromatic N) is 3. The van der Waals surface area contributed by atoms with E-state index in [2.05, 4.69) is 25.9 Å². The van der Waals surface area contributed by atoms with Crippen molar-refractivity contribution in [3.8, 4) is 6.07 Å². The molecule has 0 aliphatic rings. The molecule has 1 heterocycles. The van der Waals surface area contributed by atoms with Crippen LogP contribution in [0.1, 0.15) is 17.0 Å². The molecule has 0 fully saturated rings. The van der Waals surface area contributed by atoms with Crippen LogP contribution < -0.4 is 0 Å². The molecule has 0 amide bonds. The molecule has 2 rings (SSSR count). The van der Waals surface area contributed by atoms with E-state index in [-0.39, 0.29) is 10.0 Å². The zero-order valence-electron chi connectivity index (χ0n) is 10.2. The number of aryl methyl sites for hydroxylation is 2. The molecule has 1 aromatic carbocycles. The van der Waals surface area contributed by atoms with E-state index in [9.17, 15) is 4.39 Å². The standard InChI is InChI=1S/C13H9BrFN3S/c1-7-5-8(2)18-13(17-7)19-10-4-3-9(6-16)11(14)12(10)15/h3-5H,1-2H3. The summed E-state index contributed by atoms with van der Waals surface area (Å²) < 4.78 is 14.2. The molecule has 0 spiro atoms. The molecular weight excluding hydrogens is 329 g/mol. The van der Waals surface area contributed by atoms with Crippen LogP contribution in [0.2, 0.25) is 0 Å². The molecule has 19 heavy (non-hydrogen) atoms. The van der Waals surface area contributed by atoms with Crippen LogP contribution >= 0.6 is 27.7 Å². The topological polar surface area (TPSA) is 49.6 Å². The summed E-state index contributed by atoms with van der Waals surface area (Å²) in [7, 11) is 0. The summed E-state index contributed by atoms with van der Waals surface area (Å²) in [4.78, 5) is 8.88. The fourth-order valence-corrected chi connectivity index (χ4v) is 3.00. The van der Waals surface area contributed by atoms with Crippen LogP contribution in [0.15, 0.2) is 32.7 Å². The van der Waals surface area contributed by atoms with Crippen molar-refractivity contribution in [2.45, 2.75) is 23.9 Å². The van der Waals surface area contributed by atoms with Gasteiger partial charge in [0.1, 0.15) is 6.07 Å². The van der Waals surface area contributed by atoms with Gasteiger partial charge in [-0.25, -0.2) is 14.4 Å². The zero-order valence-corrected chi connectivity index (χ0v) is 12.6. The average molecular weight is 338 g/mol. The summed E-state index contributed by atoms with van der Waals surface area (Å²) >= 11 is 4.22. The van der Waals surface area contributed by atoms with Gasteiger partial charge in [-0.15, -0.1) is 0 Å². The Bertz CT molecular complexity index is 662. The van der Waals surface area contributed by atoms with Gasteiger partial charge < -0.3 is 0 Å². The molecule has 0 unspecified atom stereocenters. The van der Waals surface area contributed by atoms with Gasteiger partial charge in [0.25, 0.3) is 0 Å². The third-order valence-electron chi connectivity index (χ3n) is 2.33. The first kappa shape index (κ1) is 14.0. The van der Waals surface area contributed by atoms with Gasteiger partial charge in [-0.2, -0.15) is 5.26 Å². The molecule has 3 nitrogen and oxygen atoms in total. The van der Waals surface area contributed by atoms with Crippen molar-refractivity contribution in [2.24, 2.45) is 0 Å². The van der Waals surface area contributed by atoms with E-state index in [1.807, 2.05) is 26.0 Å². The molecule has 0 radical (unpaired) electrons. The van der Waals surface area contributed by atoms with E-state index < -0.39 is 5.82 Å². The molecule has 0 atom stereocenters. The fourth-order valence-electron chi connectivity index (χ4n) is 1.53. The maximum atomic E-state index is 14.1. The number of benzene rings is 1. The molecule has 1 aromatic heterocycles. The first-order chi connectivity index (χ1) is 9.01. The monoisotopic (exact) mass is 337 g/mol. The van der Waals surface area contributed by atoms with Crippen LogP contribution in [0.3, 0.4) is 0 Å². The third-order valence-corrected chi connectivity index (χ3v) is 4.01.